The largest absolute Gasteiger partial charge is 0.472 e. The van der Waals surface area contributed by atoms with E-state index in [1.165, 1.54) is 0 Å². The highest BCUT2D eigenvalue weighted by Gasteiger charge is 2.30. The van der Waals surface area contributed by atoms with Crippen molar-refractivity contribution in [3.05, 3.63) is 59.6 Å². The highest BCUT2D eigenvalue weighted by atomic mass is 35.5. The Bertz CT molecular complexity index is 624. The molecule has 1 N–H and O–H groups in total. The van der Waals surface area contributed by atoms with Crippen LogP contribution < -0.4 is 0 Å². The van der Waals surface area contributed by atoms with Gasteiger partial charge in [0.15, 0.2) is 0 Å². The van der Waals surface area contributed by atoms with Gasteiger partial charge < -0.3 is 14.7 Å². The Kier molecular flexibility index (Phi) is 6.88. The van der Waals surface area contributed by atoms with Gasteiger partial charge in [0.2, 0.25) is 5.88 Å². The molecule has 0 amide bonds. The Morgan fingerprint density at radius 3 is 2.62 bits per heavy atom. The molecule has 24 heavy (non-hydrogen) atoms. The number of nitrogens with zero attached hydrogens (tertiary/aromatic N) is 2. The zero-order chi connectivity index (χ0) is 17.5. The van der Waals surface area contributed by atoms with Gasteiger partial charge in [0.1, 0.15) is 18.8 Å². The molecule has 1 aromatic rings. The van der Waals surface area contributed by atoms with E-state index in [0.29, 0.717) is 24.1 Å². The van der Waals surface area contributed by atoms with E-state index >= 15 is 0 Å². The summed E-state index contributed by atoms with van der Waals surface area (Å²) in [7, 11) is 0. The molecule has 2 rings (SSSR count). The number of alkyl halides is 1. The van der Waals surface area contributed by atoms with Crippen LogP contribution in [0.5, 0.6) is 0 Å². The number of rotatable bonds is 7. The number of aliphatic imine (C=N–C) groups is 1. The number of halogens is 1. The smallest absolute Gasteiger partial charge is 0.234 e. The summed E-state index contributed by atoms with van der Waals surface area (Å²) >= 11 is 6.48. The maximum Gasteiger partial charge on any atom is 0.234 e. The molecular formula is C19H25ClN2O2. The van der Waals surface area contributed by atoms with E-state index in [9.17, 15) is 5.11 Å². The van der Waals surface area contributed by atoms with Crippen LogP contribution in [0.4, 0.5) is 0 Å². The molecule has 1 aliphatic heterocycles. The first kappa shape index (κ1) is 18.6. The summed E-state index contributed by atoms with van der Waals surface area (Å²) in [6, 6.07) is 9.95. The third kappa shape index (κ3) is 4.62. The van der Waals surface area contributed by atoms with Crippen LogP contribution in [-0.4, -0.2) is 27.9 Å². The number of allylic oxidation sites excluding steroid dienone is 2. The summed E-state index contributed by atoms with van der Waals surface area (Å²) < 4.78 is 5.99. The Balaban J connectivity index is 2.33. The Morgan fingerprint density at radius 1 is 1.33 bits per heavy atom. The fraction of sp³-hybridized carbons (Fsp3) is 0.421. The van der Waals surface area contributed by atoms with Gasteiger partial charge in [-0.3, -0.25) is 0 Å². The van der Waals surface area contributed by atoms with Gasteiger partial charge in [0, 0.05) is 0 Å². The fourth-order valence-corrected chi connectivity index (χ4v) is 2.83. The van der Waals surface area contributed by atoms with Gasteiger partial charge in [0.05, 0.1) is 11.4 Å². The molecule has 5 heteroatoms. The van der Waals surface area contributed by atoms with Crippen molar-refractivity contribution in [3.63, 3.8) is 0 Å². The van der Waals surface area contributed by atoms with Gasteiger partial charge in [-0.2, -0.15) is 0 Å². The Hall–Kier alpha value is -1.78. The van der Waals surface area contributed by atoms with Crippen molar-refractivity contribution in [2.45, 2.75) is 39.3 Å². The second-order valence-corrected chi connectivity index (χ2v) is 6.52. The van der Waals surface area contributed by atoms with E-state index < -0.39 is 5.50 Å². The average Bonchev–Trinajstić information content (AvgIpc) is 2.57. The molecule has 0 saturated heterocycles. The molecule has 1 heterocycles. The van der Waals surface area contributed by atoms with Gasteiger partial charge in [-0.15, -0.1) is 0 Å². The van der Waals surface area contributed by atoms with Crippen molar-refractivity contribution in [2.75, 3.05) is 6.73 Å². The summed E-state index contributed by atoms with van der Waals surface area (Å²) in [6.07, 6.45) is 4.46. The van der Waals surface area contributed by atoms with Crippen molar-refractivity contribution >= 4 is 17.3 Å². The summed E-state index contributed by atoms with van der Waals surface area (Å²) in [5, 5.41) is 9.81. The van der Waals surface area contributed by atoms with Crippen LogP contribution in [0.25, 0.3) is 0 Å². The molecule has 0 fully saturated rings. The van der Waals surface area contributed by atoms with Crippen molar-refractivity contribution in [3.8, 4) is 0 Å². The van der Waals surface area contributed by atoms with Gasteiger partial charge in [-0.25, -0.2) is 4.99 Å². The topological polar surface area (TPSA) is 45.1 Å². The third-order valence-electron chi connectivity index (χ3n) is 3.65. The van der Waals surface area contributed by atoms with Crippen molar-refractivity contribution < 1.29 is 9.84 Å². The molecule has 4 nitrogen and oxygen atoms in total. The van der Waals surface area contributed by atoms with Gasteiger partial charge in [0.25, 0.3) is 0 Å². The highest BCUT2D eigenvalue weighted by Crippen LogP contribution is 2.30. The minimum atomic E-state index is -0.496. The van der Waals surface area contributed by atoms with Gasteiger partial charge in [-0.05, 0) is 30.9 Å². The fourth-order valence-electron chi connectivity index (χ4n) is 2.53. The predicted molar refractivity (Wildman–Crippen MR) is 98.5 cm³/mol. The van der Waals surface area contributed by atoms with Crippen LogP contribution >= 0.6 is 11.6 Å². The quantitative estimate of drug-likeness (QED) is 0.591. The molecule has 0 radical (unpaired) electrons. The molecule has 0 aliphatic carbocycles. The third-order valence-corrected chi connectivity index (χ3v) is 4.11. The first-order chi connectivity index (χ1) is 11.6. The standard InChI is InChI=1S/C19H25ClN2O2/c1-4-8-16-18(20)22(13-23)17(11-14(2)3)19(21-16)24-12-15-9-6-5-7-10-15/h4-10,14,18,23H,11-13H2,1-3H3. The molecule has 130 valence electrons. The summed E-state index contributed by atoms with van der Waals surface area (Å²) in [5.41, 5.74) is 2.09. The van der Waals surface area contributed by atoms with Crippen molar-refractivity contribution in [1.29, 1.82) is 0 Å². The maximum absolute atomic E-state index is 9.81. The van der Waals surface area contributed by atoms with Crippen LogP contribution in [0.15, 0.2) is 59.1 Å². The minimum absolute atomic E-state index is 0.176. The second kappa shape index (κ2) is 8.90. The lowest BCUT2D eigenvalue weighted by Gasteiger charge is -2.34. The van der Waals surface area contributed by atoms with E-state index in [2.05, 4.69) is 18.8 Å². The molecule has 0 bridgehead atoms. The zero-order valence-corrected chi connectivity index (χ0v) is 15.2. The van der Waals surface area contributed by atoms with Crippen LogP contribution in [-0.2, 0) is 11.3 Å². The zero-order valence-electron chi connectivity index (χ0n) is 14.4. The number of hydrogen-bond acceptors (Lipinski definition) is 4. The van der Waals surface area contributed by atoms with E-state index in [1.54, 1.807) is 4.90 Å². The number of aliphatic hydroxyl groups excluding tert-OH is 1. The molecule has 1 atom stereocenters. The summed E-state index contributed by atoms with van der Waals surface area (Å²) in [4.78, 5) is 6.34. The first-order valence-electron chi connectivity index (χ1n) is 8.19. The minimum Gasteiger partial charge on any atom is -0.472 e. The lowest BCUT2D eigenvalue weighted by molar-refractivity contribution is 0.112. The number of hydrogen-bond donors (Lipinski definition) is 1. The summed E-state index contributed by atoms with van der Waals surface area (Å²) in [6.45, 7) is 6.40. The van der Waals surface area contributed by atoms with Crippen LogP contribution in [0.2, 0.25) is 0 Å². The monoisotopic (exact) mass is 348 g/mol. The molecule has 1 aromatic carbocycles. The second-order valence-electron chi connectivity index (χ2n) is 6.11. The Labute approximate surface area is 149 Å². The molecular weight excluding hydrogens is 324 g/mol. The van der Waals surface area contributed by atoms with Crippen LogP contribution in [0, 0.1) is 5.92 Å². The number of aliphatic hydroxyl groups is 1. The van der Waals surface area contributed by atoms with Crippen LogP contribution in [0.1, 0.15) is 32.8 Å². The maximum atomic E-state index is 9.81. The number of benzene rings is 1. The molecule has 1 unspecified atom stereocenters. The van der Waals surface area contributed by atoms with E-state index in [0.717, 1.165) is 17.7 Å². The van der Waals surface area contributed by atoms with E-state index in [-0.39, 0.29) is 6.73 Å². The highest BCUT2D eigenvalue weighted by molar-refractivity contribution is 6.34. The normalized spacial score (nSPS) is 18.5. The Morgan fingerprint density at radius 2 is 2.04 bits per heavy atom. The van der Waals surface area contributed by atoms with Crippen molar-refractivity contribution in [1.82, 2.24) is 4.90 Å². The van der Waals surface area contributed by atoms with Gasteiger partial charge in [-0.1, -0.05) is 61.9 Å². The summed E-state index contributed by atoms with van der Waals surface area (Å²) in [5.74, 6) is 0.929. The lowest BCUT2D eigenvalue weighted by Crippen LogP contribution is -2.40. The van der Waals surface area contributed by atoms with E-state index in [1.807, 2.05) is 49.4 Å². The van der Waals surface area contributed by atoms with E-state index in [4.69, 9.17) is 16.3 Å². The molecule has 0 spiro atoms. The van der Waals surface area contributed by atoms with Crippen LogP contribution in [0.3, 0.4) is 0 Å². The molecule has 0 aromatic heterocycles. The van der Waals surface area contributed by atoms with Gasteiger partial charge >= 0.3 is 0 Å². The SMILES string of the molecule is CC=CC1=NC(OCc2ccccc2)=C(CC(C)C)N(CO)C1Cl. The molecule has 1 aliphatic rings. The number of ether oxygens (including phenoxy) is 1. The molecule has 0 saturated carbocycles. The van der Waals surface area contributed by atoms with Crippen molar-refractivity contribution in [2.24, 2.45) is 10.9 Å². The predicted octanol–water partition coefficient (Wildman–Crippen LogP) is 4.27. The average molecular weight is 349 g/mol. The first-order valence-corrected chi connectivity index (χ1v) is 8.63. The lowest BCUT2D eigenvalue weighted by atomic mass is 10.1.